The minimum absolute atomic E-state index is 0.104. The van der Waals surface area contributed by atoms with Crippen molar-refractivity contribution >= 4 is 5.91 Å². The van der Waals surface area contributed by atoms with Gasteiger partial charge in [-0.25, -0.2) is 4.39 Å². The Hall–Kier alpha value is -1.42. The molecule has 0 radical (unpaired) electrons. The Morgan fingerprint density at radius 2 is 2.05 bits per heavy atom. The molecule has 0 saturated heterocycles. The van der Waals surface area contributed by atoms with E-state index in [0.29, 0.717) is 12.1 Å². The van der Waals surface area contributed by atoms with E-state index in [1.165, 1.54) is 25.3 Å². The number of halogens is 1. The van der Waals surface area contributed by atoms with Crippen molar-refractivity contribution in [2.24, 2.45) is 5.73 Å². The molecule has 1 aromatic rings. The number of hydrogen-bond donors (Lipinski definition) is 2. The maximum absolute atomic E-state index is 13.8. The van der Waals surface area contributed by atoms with Gasteiger partial charge in [0.25, 0.3) is 0 Å². The molecule has 0 heterocycles. The molecule has 0 bridgehead atoms. The van der Waals surface area contributed by atoms with Crippen LogP contribution in [0.3, 0.4) is 0 Å². The van der Waals surface area contributed by atoms with Gasteiger partial charge in [-0.3, -0.25) is 4.79 Å². The highest BCUT2D eigenvalue weighted by molar-refractivity contribution is 5.92. The molecule has 1 amide bonds. The summed E-state index contributed by atoms with van der Waals surface area (Å²) in [5.74, 6) is -0.971. The van der Waals surface area contributed by atoms with Crippen molar-refractivity contribution in [2.45, 2.75) is 51.1 Å². The van der Waals surface area contributed by atoms with Gasteiger partial charge in [0.2, 0.25) is 5.91 Å². The average molecular weight is 264 g/mol. The highest BCUT2D eigenvalue weighted by Gasteiger charge is 2.26. The molecule has 0 aromatic heterocycles. The summed E-state index contributed by atoms with van der Waals surface area (Å²) in [7, 11) is 0. The number of nitrogens with one attached hydrogen (secondary N) is 1. The van der Waals surface area contributed by atoms with E-state index in [9.17, 15) is 9.18 Å². The fraction of sp³-hybridized carbons (Fsp3) is 0.533. The number of primary amides is 1. The first-order valence-electron chi connectivity index (χ1n) is 6.83. The number of carbonyl (C=O) groups excluding carboxylic acids is 1. The molecule has 0 aliphatic heterocycles. The maximum atomic E-state index is 13.8. The fourth-order valence-corrected chi connectivity index (χ4v) is 2.66. The summed E-state index contributed by atoms with van der Waals surface area (Å²) in [5, 5.41) is 3.45. The molecule has 3 nitrogen and oxygen atoms in total. The SMILES string of the molecule is CC1(NCc2ccc(C(N)=O)cc2F)CCCCC1. The first kappa shape index (κ1) is 14.0. The lowest BCUT2D eigenvalue weighted by Crippen LogP contribution is -2.43. The van der Waals surface area contributed by atoms with Gasteiger partial charge in [-0.2, -0.15) is 0 Å². The van der Waals surface area contributed by atoms with E-state index in [4.69, 9.17) is 5.73 Å². The molecule has 104 valence electrons. The Labute approximate surface area is 113 Å². The van der Waals surface area contributed by atoms with Crippen LogP contribution in [0.5, 0.6) is 0 Å². The quantitative estimate of drug-likeness (QED) is 0.878. The smallest absolute Gasteiger partial charge is 0.248 e. The lowest BCUT2D eigenvalue weighted by molar-refractivity contribution is 0.1000. The molecule has 1 fully saturated rings. The second-order valence-electron chi connectivity index (χ2n) is 5.65. The first-order valence-corrected chi connectivity index (χ1v) is 6.83. The van der Waals surface area contributed by atoms with Crippen molar-refractivity contribution in [3.8, 4) is 0 Å². The van der Waals surface area contributed by atoms with Gasteiger partial charge < -0.3 is 11.1 Å². The monoisotopic (exact) mass is 264 g/mol. The third kappa shape index (κ3) is 3.53. The van der Waals surface area contributed by atoms with Crippen LogP contribution in [0.15, 0.2) is 18.2 Å². The third-order valence-electron chi connectivity index (χ3n) is 4.00. The van der Waals surface area contributed by atoms with Crippen molar-refractivity contribution in [1.29, 1.82) is 0 Å². The first-order chi connectivity index (χ1) is 9.00. The highest BCUT2D eigenvalue weighted by Crippen LogP contribution is 2.28. The Morgan fingerprint density at radius 1 is 1.37 bits per heavy atom. The van der Waals surface area contributed by atoms with Crippen molar-refractivity contribution in [1.82, 2.24) is 5.32 Å². The molecule has 0 atom stereocenters. The Morgan fingerprint density at radius 3 is 2.63 bits per heavy atom. The van der Waals surface area contributed by atoms with Crippen molar-refractivity contribution in [3.63, 3.8) is 0 Å². The van der Waals surface area contributed by atoms with Crippen LogP contribution in [0.1, 0.15) is 54.9 Å². The summed E-state index contributed by atoms with van der Waals surface area (Å²) in [6.45, 7) is 2.68. The molecule has 1 aliphatic carbocycles. The second-order valence-corrected chi connectivity index (χ2v) is 5.65. The summed E-state index contributed by atoms with van der Waals surface area (Å²) in [6.07, 6.45) is 6.01. The molecule has 3 N–H and O–H groups in total. The van der Waals surface area contributed by atoms with Gasteiger partial charge in [0.1, 0.15) is 5.82 Å². The molecule has 1 aromatic carbocycles. The zero-order valence-corrected chi connectivity index (χ0v) is 11.3. The molecule has 0 spiro atoms. The van der Waals surface area contributed by atoms with Crippen LogP contribution in [0.25, 0.3) is 0 Å². The summed E-state index contributed by atoms with van der Waals surface area (Å²) >= 11 is 0. The standard InChI is InChI=1S/C15H21FN2O/c1-15(7-3-2-4-8-15)18-10-12-6-5-11(14(17)19)9-13(12)16/h5-6,9,18H,2-4,7-8,10H2,1H3,(H2,17,19). The van der Waals surface area contributed by atoms with Gasteiger partial charge in [-0.1, -0.05) is 25.3 Å². The average Bonchev–Trinajstić information content (AvgIpc) is 2.38. The summed E-state index contributed by atoms with van der Waals surface area (Å²) in [5.41, 5.74) is 6.02. The summed E-state index contributed by atoms with van der Waals surface area (Å²) in [4.78, 5) is 11.0. The number of amides is 1. The van der Waals surface area contributed by atoms with E-state index >= 15 is 0 Å². The zero-order chi connectivity index (χ0) is 13.9. The zero-order valence-electron chi connectivity index (χ0n) is 11.3. The van der Waals surface area contributed by atoms with E-state index in [2.05, 4.69) is 12.2 Å². The van der Waals surface area contributed by atoms with E-state index in [1.54, 1.807) is 12.1 Å². The van der Waals surface area contributed by atoms with Crippen LogP contribution in [0.4, 0.5) is 4.39 Å². The predicted octanol–water partition coefficient (Wildman–Crippen LogP) is 2.74. The number of carbonyl (C=O) groups is 1. The van der Waals surface area contributed by atoms with E-state index in [0.717, 1.165) is 12.8 Å². The number of nitrogens with two attached hydrogens (primary N) is 1. The van der Waals surface area contributed by atoms with Gasteiger partial charge in [0.15, 0.2) is 0 Å². The second kappa shape index (κ2) is 5.70. The van der Waals surface area contributed by atoms with Crippen LogP contribution < -0.4 is 11.1 Å². The Bertz CT molecular complexity index is 467. The van der Waals surface area contributed by atoms with Crippen molar-refractivity contribution in [2.75, 3.05) is 0 Å². The Balaban J connectivity index is 2.01. The van der Waals surface area contributed by atoms with E-state index in [-0.39, 0.29) is 16.9 Å². The topological polar surface area (TPSA) is 55.1 Å². The van der Waals surface area contributed by atoms with Crippen LogP contribution in [-0.2, 0) is 6.54 Å². The summed E-state index contributed by atoms with van der Waals surface area (Å²) in [6, 6.07) is 4.42. The van der Waals surface area contributed by atoms with Crippen molar-refractivity contribution < 1.29 is 9.18 Å². The fourth-order valence-electron chi connectivity index (χ4n) is 2.66. The molecule has 1 saturated carbocycles. The van der Waals surface area contributed by atoms with Gasteiger partial charge in [-0.15, -0.1) is 0 Å². The molecular weight excluding hydrogens is 243 g/mol. The molecule has 0 unspecified atom stereocenters. The maximum Gasteiger partial charge on any atom is 0.248 e. The minimum Gasteiger partial charge on any atom is -0.366 e. The van der Waals surface area contributed by atoms with Crippen LogP contribution >= 0.6 is 0 Å². The predicted molar refractivity (Wildman–Crippen MR) is 73.2 cm³/mol. The molecule has 19 heavy (non-hydrogen) atoms. The molecule has 1 aliphatic rings. The number of hydrogen-bond acceptors (Lipinski definition) is 2. The van der Waals surface area contributed by atoms with Gasteiger partial charge >= 0.3 is 0 Å². The number of rotatable bonds is 4. The normalized spacial score (nSPS) is 18.2. The van der Waals surface area contributed by atoms with E-state index in [1.807, 2.05) is 0 Å². The van der Waals surface area contributed by atoms with Gasteiger partial charge in [-0.05, 0) is 31.9 Å². The largest absolute Gasteiger partial charge is 0.366 e. The molecular formula is C15H21FN2O. The highest BCUT2D eigenvalue weighted by atomic mass is 19.1. The summed E-state index contributed by atoms with van der Waals surface area (Å²) < 4.78 is 13.8. The van der Waals surface area contributed by atoms with Crippen LogP contribution in [0, 0.1) is 5.82 Å². The van der Waals surface area contributed by atoms with Crippen LogP contribution in [-0.4, -0.2) is 11.4 Å². The van der Waals surface area contributed by atoms with Crippen LogP contribution in [0.2, 0.25) is 0 Å². The van der Waals surface area contributed by atoms with Crippen molar-refractivity contribution in [3.05, 3.63) is 35.1 Å². The molecule has 4 heteroatoms. The third-order valence-corrected chi connectivity index (χ3v) is 4.00. The van der Waals surface area contributed by atoms with Gasteiger partial charge in [0.05, 0.1) is 0 Å². The van der Waals surface area contributed by atoms with E-state index < -0.39 is 5.91 Å². The number of benzene rings is 1. The Kier molecular flexibility index (Phi) is 4.20. The van der Waals surface area contributed by atoms with Gasteiger partial charge in [0, 0.05) is 23.2 Å². The lowest BCUT2D eigenvalue weighted by atomic mass is 9.83. The molecule has 2 rings (SSSR count). The lowest BCUT2D eigenvalue weighted by Gasteiger charge is -2.35. The minimum atomic E-state index is -0.599.